The zero-order valence-electron chi connectivity index (χ0n) is 13.1. The van der Waals surface area contributed by atoms with Gasteiger partial charge in [0.2, 0.25) is 11.8 Å². The Bertz CT molecular complexity index is 558. The van der Waals surface area contributed by atoms with Gasteiger partial charge in [0.25, 0.3) is 0 Å². The number of carbonyl (C=O) groups is 2. The van der Waals surface area contributed by atoms with Gasteiger partial charge in [-0.25, -0.2) is 0 Å². The monoisotopic (exact) mass is 300 g/mol. The van der Waals surface area contributed by atoms with Gasteiger partial charge in [-0.2, -0.15) is 0 Å². The van der Waals surface area contributed by atoms with Crippen LogP contribution in [0.15, 0.2) is 24.3 Å². The quantitative estimate of drug-likeness (QED) is 0.898. The fourth-order valence-electron chi connectivity index (χ4n) is 3.13. The lowest BCUT2D eigenvalue weighted by molar-refractivity contribution is -0.128. The first-order valence-electron chi connectivity index (χ1n) is 8.30. The minimum Gasteiger partial charge on any atom is -0.353 e. The largest absolute Gasteiger partial charge is 0.353 e. The van der Waals surface area contributed by atoms with E-state index in [1.165, 1.54) is 0 Å². The van der Waals surface area contributed by atoms with Crippen molar-refractivity contribution in [2.45, 2.75) is 51.5 Å². The molecule has 2 N–H and O–H groups in total. The lowest BCUT2D eigenvalue weighted by Gasteiger charge is -2.27. The maximum atomic E-state index is 12.3. The van der Waals surface area contributed by atoms with E-state index in [1.54, 1.807) is 0 Å². The average molecular weight is 300 g/mol. The Morgan fingerprint density at radius 1 is 0.955 bits per heavy atom. The fraction of sp³-hybridized carbons (Fsp3) is 0.556. The first-order valence-corrected chi connectivity index (χ1v) is 8.30. The second-order valence-electron chi connectivity index (χ2n) is 6.69. The van der Waals surface area contributed by atoms with Gasteiger partial charge in [-0.05, 0) is 63.1 Å². The van der Waals surface area contributed by atoms with Crippen LogP contribution in [0.2, 0.25) is 0 Å². The third-order valence-corrected chi connectivity index (χ3v) is 4.68. The van der Waals surface area contributed by atoms with E-state index in [-0.39, 0.29) is 23.7 Å². The summed E-state index contributed by atoms with van der Waals surface area (Å²) in [4.78, 5) is 24.4. The van der Waals surface area contributed by atoms with Crippen LogP contribution in [0.4, 0.5) is 5.69 Å². The average Bonchev–Trinajstić information content (AvgIpc) is 3.31. The van der Waals surface area contributed by atoms with Crippen LogP contribution >= 0.6 is 0 Å². The molecule has 0 bridgehead atoms. The van der Waals surface area contributed by atoms with Crippen molar-refractivity contribution in [1.82, 2.24) is 5.32 Å². The number of benzene rings is 1. The summed E-state index contributed by atoms with van der Waals surface area (Å²) in [5, 5.41) is 6.07. The van der Waals surface area contributed by atoms with E-state index >= 15 is 0 Å². The van der Waals surface area contributed by atoms with Gasteiger partial charge < -0.3 is 10.6 Å². The van der Waals surface area contributed by atoms with Crippen molar-refractivity contribution in [3.05, 3.63) is 29.8 Å². The normalized spacial score (nSPS) is 24.6. The molecule has 3 rings (SSSR count). The SMILES string of the molecule is Cc1cccc(NC(=O)C2CCC(C(=O)NC3CC3)CC2)c1. The standard InChI is InChI=1S/C18H24N2O2/c1-12-3-2-4-16(11-12)20-18(22)14-7-5-13(6-8-14)17(21)19-15-9-10-15/h2-4,11,13-15H,5-10H2,1H3,(H,19,21)(H,20,22). The maximum absolute atomic E-state index is 12.3. The molecule has 2 fully saturated rings. The molecule has 0 unspecified atom stereocenters. The molecular formula is C18H24N2O2. The van der Waals surface area contributed by atoms with Crippen LogP contribution in [0.25, 0.3) is 0 Å². The van der Waals surface area contributed by atoms with E-state index in [9.17, 15) is 9.59 Å². The molecule has 22 heavy (non-hydrogen) atoms. The molecule has 1 aromatic carbocycles. The minimum absolute atomic E-state index is 0.0329. The van der Waals surface area contributed by atoms with Gasteiger partial charge in [-0.15, -0.1) is 0 Å². The highest BCUT2D eigenvalue weighted by Crippen LogP contribution is 2.31. The highest BCUT2D eigenvalue weighted by molar-refractivity contribution is 5.92. The van der Waals surface area contributed by atoms with Crippen molar-refractivity contribution in [1.29, 1.82) is 0 Å². The van der Waals surface area contributed by atoms with Crippen molar-refractivity contribution in [2.75, 3.05) is 5.32 Å². The van der Waals surface area contributed by atoms with Crippen LogP contribution in [0, 0.1) is 18.8 Å². The Balaban J connectivity index is 1.48. The molecule has 0 saturated heterocycles. The predicted molar refractivity (Wildman–Crippen MR) is 86.4 cm³/mol. The molecule has 4 heteroatoms. The molecular weight excluding hydrogens is 276 g/mol. The first kappa shape index (κ1) is 15.1. The van der Waals surface area contributed by atoms with E-state index < -0.39 is 0 Å². The number of carbonyl (C=O) groups excluding carboxylic acids is 2. The summed E-state index contributed by atoms with van der Waals surface area (Å²) in [5.74, 6) is 0.417. The zero-order chi connectivity index (χ0) is 15.5. The van der Waals surface area contributed by atoms with Crippen LogP contribution in [0.3, 0.4) is 0 Å². The highest BCUT2D eigenvalue weighted by Gasteiger charge is 2.32. The molecule has 2 saturated carbocycles. The van der Waals surface area contributed by atoms with Crippen LogP contribution in [-0.4, -0.2) is 17.9 Å². The predicted octanol–water partition coefficient (Wildman–Crippen LogP) is 3.02. The Morgan fingerprint density at radius 2 is 1.59 bits per heavy atom. The zero-order valence-corrected chi connectivity index (χ0v) is 13.1. The maximum Gasteiger partial charge on any atom is 0.227 e. The molecule has 0 aromatic heterocycles. The van der Waals surface area contributed by atoms with Gasteiger partial charge >= 0.3 is 0 Å². The summed E-state index contributed by atoms with van der Waals surface area (Å²) in [5.41, 5.74) is 2.00. The second kappa shape index (κ2) is 6.51. The number of anilines is 1. The van der Waals surface area contributed by atoms with E-state index in [4.69, 9.17) is 0 Å². The molecule has 0 aliphatic heterocycles. The summed E-state index contributed by atoms with van der Waals surface area (Å²) in [6.45, 7) is 2.01. The number of hydrogen-bond donors (Lipinski definition) is 2. The number of hydrogen-bond acceptors (Lipinski definition) is 2. The number of aryl methyl sites for hydroxylation is 1. The summed E-state index contributed by atoms with van der Waals surface area (Å²) in [6, 6.07) is 8.28. The Kier molecular flexibility index (Phi) is 4.46. The van der Waals surface area contributed by atoms with Crippen molar-refractivity contribution in [2.24, 2.45) is 11.8 Å². The molecule has 118 valence electrons. The lowest BCUT2D eigenvalue weighted by atomic mass is 9.81. The van der Waals surface area contributed by atoms with Crippen molar-refractivity contribution < 1.29 is 9.59 Å². The highest BCUT2D eigenvalue weighted by atomic mass is 16.2. The van der Waals surface area contributed by atoms with Gasteiger partial charge in [0.05, 0.1) is 0 Å². The first-order chi connectivity index (χ1) is 10.6. The molecule has 2 aliphatic carbocycles. The molecule has 0 spiro atoms. The summed E-state index contributed by atoms with van der Waals surface area (Å²) in [7, 11) is 0. The van der Waals surface area contributed by atoms with Crippen LogP contribution in [-0.2, 0) is 9.59 Å². The Hall–Kier alpha value is -1.84. The minimum atomic E-state index is 0.0329. The summed E-state index contributed by atoms with van der Waals surface area (Å²) < 4.78 is 0. The molecule has 1 aromatic rings. The van der Waals surface area contributed by atoms with Crippen molar-refractivity contribution in [3.8, 4) is 0 Å². The summed E-state index contributed by atoms with van der Waals surface area (Å²) >= 11 is 0. The van der Waals surface area contributed by atoms with Gasteiger partial charge in [0.15, 0.2) is 0 Å². The van der Waals surface area contributed by atoms with E-state index in [1.807, 2.05) is 31.2 Å². The second-order valence-corrected chi connectivity index (χ2v) is 6.69. The number of rotatable bonds is 4. The van der Waals surface area contributed by atoms with Crippen molar-refractivity contribution >= 4 is 17.5 Å². The molecule has 4 nitrogen and oxygen atoms in total. The Morgan fingerprint density at radius 3 is 2.18 bits per heavy atom. The van der Waals surface area contributed by atoms with Crippen LogP contribution in [0.5, 0.6) is 0 Å². The van der Waals surface area contributed by atoms with Crippen molar-refractivity contribution in [3.63, 3.8) is 0 Å². The molecule has 2 amide bonds. The van der Waals surface area contributed by atoms with Gasteiger partial charge in [-0.3, -0.25) is 9.59 Å². The fourth-order valence-corrected chi connectivity index (χ4v) is 3.13. The third kappa shape index (κ3) is 3.87. The topological polar surface area (TPSA) is 58.2 Å². The lowest BCUT2D eigenvalue weighted by Crippen LogP contribution is -2.36. The molecule has 2 aliphatic rings. The molecule has 0 atom stereocenters. The van der Waals surface area contributed by atoms with Gasteiger partial charge in [0.1, 0.15) is 0 Å². The van der Waals surface area contributed by atoms with Crippen LogP contribution in [0.1, 0.15) is 44.1 Å². The number of amides is 2. The smallest absolute Gasteiger partial charge is 0.227 e. The third-order valence-electron chi connectivity index (χ3n) is 4.68. The molecule has 0 radical (unpaired) electrons. The Labute approximate surface area is 131 Å². The van der Waals surface area contributed by atoms with E-state index in [0.29, 0.717) is 6.04 Å². The molecule has 0 heterocycles. The van der Waals surface area contributed by atoms with E-state index in [2.05, 4.69) is 10.6 Å². The number of nitrogens with one attached hydrogen (secondary N) is 2. The van der Waals surface area contributed by atoms with Gasteiger partial charge in [0, 0.05) is 23.6 Å². The van der Waals surface area contributed by atoms with E-state index in [0.717, 1.165) is 49.8 Å². The van der Waals surface area contributed by atoms with Crippen LogP contribution < -0.4 is 10.6 Å². The summed E-state index contributed by atoms with van der Waals surface area (Å²) in [6.07, 6.45) is 5.51. The van der Waals surface area contributed by atoms with Gasteiger partial charge in [-0.1, -0.05) is 12.1 Å².